The third-order valence-corrected chi connectivity index (χ3v) is 9.05. The molecule has 1 saturated heterocycles. The molecule has 5 atom stereocenters. The number of hydrogen-bond acceptors (Lipinski definition) is 6. The van der Waals surface area contributed by atoms with E-state index in [9.17, 15) is 4.79 Å². The van der Waals surface area contributed by atoms with Crippen LogP contribution in [0.2, 0.25) is 0 Å². The second kappa shape index (κ2) is 11.0. The van der Waals surface area contributed by atoms with Gasteiger partial charge in [-0.2, -0.15) is 0 Å². The van der Waals surface area contributed by atoms with Gasteiger partial charge in [-0.25, -0.2) is 0 Å². The molecule has 6 rings (SSSR count). The van der Waals surface area contributed by atoms with Crippen molar-refractivity contribution in [3.8, 4) is 11.5 Å². The standard InChI is InChI=1S/C34H39N3O3/c1-21-8-7-9-22(2)37(21)25-14-17-27(32(20-25)40-4)34-33-30(35-28-10-5-6-11-29(28)36-34)18-24(19-31(33)38)23-12-15-26(39-3)16-13-23/h5-6,10-17,20-22,24,33-34,36H,7-9,18-19H2,1-4H3. The summed E-state index contributed by atoms with van der Waals surface area (Å²) in [4.78, 5) is 21.7. The first-order valence-corrected chi connectivity index (χ1v) is 14.5. The third-order valence-electron chi connectivity index (χ3n) is 9.05. The summed E-state index contributed by atoms with van der Waals surface area (Å²) in [7, 11) is 3.40. The summed E-state index contributed by atoms with van der Waals surface area (Å²) in [5.74, 6) is 1.56. The minimum atomic E-state index is -0.366. The number of carbonyl (C=O) groups is 1. The number of aliphatic imine (C=N–C) groups is 1. The molecule has 6 heteroatoms. The molecule has 3 aromatic carbocycles. The molecule has 1 N–H and O–H groups in total. The van der Waals surface area contributed by atoms with Crippen LogP contribution in [0.1, 0.15) is 69.0 Å². The number of ketones is 1. The number of benzene rings is 3. The van der Waals surface area contributed by atoms with Crippen molar-refractivity contribution in [1.29, 1.82) is 0 Å². The Hall–Kier alpha value is -3.80. The number of rotatable bonds is 5. The number of para-hydroxylation sites is 2. The van der Waals surface area contributed by atoms with Gasteiger partial charge in [-0.3, -0.25) is 9.79 Å². The first-order chi connectivity index (χ1) is 19.5. The van der Waals surface area contributed by atoms with Crippen molar-refractivity contribution in [2.75, 3.05) is 24.4 Å². The first-order valence-electron chi connectivity index (χ1n) is 14.5. The Morgan fingerprint density at radius 1 is 0.900 bits per heavy atom. The van der Waals surface area contributed by atoms with Crippen molar-refractivity contribution in [2.45, 2.75) is 70.0 Å². The van der Waals surface area contributed by atoms with E-state index < -0.39 is 0 Å². The van der Waals surface area contributed by atoms with E-state index in [1.807, 2.05) is 36.4 Å². The summed E-state index contributed by atoms with van der Waals surface area (Å²) in [5.41, 5.74) is 6.06. The molecule has 3 aromatic rings. The highest BCUT2D eigenvalue weighted by Crippen LogP contribution is 2.46. The average Bonchev–Trinajstić information content (AvgIpc) is 3.14. The van der Waals surface area contributed by atoms with Gasteiger partial charge in [0.15, 0.2) is 0 Å². The second-order valence-corrected chi connectivity index (χ2v) is 11.5. The van der Waals surface area contributed by atoms with Crippen LogP contribution in [0.3, 0.4) is 0 Å². The van der Waals surface area contributed by atoms with Crippen LogP contribution < -0.4 is 19.7 Å². The van der Waals surface area contributed by atoms with Crippen LogP contribution in [0.15, 0.2) is 71.7 Å². The Labute approximate surface area is 237 Å². The SMILES string of the molecule is COc1ccc(C2CC(=O)C3C(=Nc4ccccc4NC3c3ccc(N4C(C)CCCC4C)cc3OC)C2)cc1. The Morgan fingerprint density at radius 3 is 2.38 bits per heavy atom. The Morgan fingerprint density at radius 2 is 1.65 bits per heavy atom. The van der Waals surface area contributed by atoms with Gasteiger partial charge in [0.05, 0.1) is 37.6 Å². The van der Waals surface area contributed by atoms with Gasteiger partial charge in [-0.1, -0.05) is 30.3 Å². The Balaban J connectivity index is 1.39. The quantitative estimate of drug-likeness (QED) is 0.366. The van der Waals surface area contributed by atoms with E-state index >= 15 is 0 Å². The summed E-state index contributed by atoms with van der Waals surface area (Å²) in [6, 6.07) is 23.4. The zero-order valence-corrected chi connectivity index (χ0v) is 23.9. The summed E-state index contributed by atoms with van der Waals surface area (Å²) < 4.78 is 11.4. The minimum Gasteiger partial charge on any atom is -0.497 e. The summed E-state index contributed by atoms with van der Waals surface area (Å²) >= 11 is 0. The number of anilines is 2. The number of methoxy groups -OCH3 is 2. The number of nitrogens with one attached hydrogen (secondary N) is 1. The largest absolute Gasteiger partial charge is 0.497 e. The van der Waals surface area contributed by atoms with Crippen LogP contribution in [0.25, 0.3) is 0 Å². The number of carbonyl (C=O) groups excluding carboxylic acids is 1. The van der Waals surface area contributed by atoms with Crippen LogP contribution in [-0.2, 0) is 4.79 Å². The highest BCUT2D eigenvalue weighted by atomic mass is 16.5. The predicted octanol–water partition coefficient (Wildman–Crippen LogP) is 7.47. The number of piperidine rings is 1. The summed E-state index contributed by atoms with van der Waals surface area (Å²) in [6.07, 6.45) is 4.87. The molecule has 1 saturated carbocycles. The Bertz CT molecular complexity index is 1410. The van der Waals surface area contributed by atoms with Crippen molar-refractivity contribution in [3.05, 3.63) is 77.9 Å². The number of hydrogen-bond donors (Lipinski definition) is 1. The fourth-order valence-electron chi connectivity index (χ4n) is 7.02. The molecular formula is C34H39N3O3. The lowest BCUT2D eigenvalue weighted by Crippen LogP contribution is -2.43. The summed E-state index contributed by atoms with van der Waals surface area (Å²) in [5, 5.41) is 3.72. The fourth-order valence-corrected chi connectivity index (χ4v) is 7.02. The third kappa shape index (κ3) is 4.85. The summed E-state index contributed by atoms with van der Waals surface area (Å²) in [6.45, 7) is 4.62. The van der Waals surface area contributed by atoms with Gasteiger partial charge in [0.1, 0.15) is 17.3 Å². The molecule has 40 heavy (non-hydrogen) atoms. The molecule has 0 aromatic heterocycles. The van der Waals surface area contributed by atoms with Crippen LogP contribution >= 0.6 is 0 Å². The highest BCUT2D eigenvalue weighted by molar-refractivity contribution is 6.11. The van der Waals surface area contributed by atoms with E-state index in [4.69, 9.17) is 14.5 Å². The van der Waals surface area contributed by atoms with E-state index in [-0.39, 0.29) is 23.7 Å². The van der Waals surface area contributed by atoms with E-state index in [1.165, 1.54) is 24.9 Å². The molecule has 0 amide bonds. The zero-order valence-electron chi connectivity index (χ0n) is 23.9. The minimum absolute atomic E-state index is 0.0886. The number of nitrogens with zero attached hydrogens (tertiary/aromatic N) is 2. The van der Waals surface area contributed by atoms with Crippen molar-refractivity contribution in [1.82, 2.24) is 0 Å². The van der Waals surface area contributed by atoms with Gasteiger partial charge in [0, 0.05) is 41.5 Å². The van der Waals surface area contributed by atoms with E-state index in [0.29, 0.717) is 18.5 Å². The van der Waals surface area contributed by atoms with Gasteiger partial charge in [-0.05, 0) is 81.3 Å². The average molecular weight is 538 g/mol. The lowest BCUT2D eigenvalue weighted by molar-refractivity contribution is -0.122. The van der Waals surface area contributed by atoms with Gasteiger partial charge in [0.2, 0.25) is 0 Å². The predicted molar refractivity (Wildman–Crippen MR) is 162 cm³/mol. The van der Waals surface area contributed by atoms with Crippen LogP contribution in [0.4, 0.5) is 17.1 Å². The molecule has 1 aliphatic carbocycles. The maximum atomic E-state index is 14.0. The van der Waals surface area contributed by atoms with E-state index in [2.05, 4.69) is 54.4 Å². The molecule has 208 valence electrons. The molecule has 0 spiro atoms. The molecule has 3 aliphatic rings. The van der Waals surface area contributed by atoms with Crippen LogP contribution in [-0.4, -0.2) is 37.8 Å². The van der Waals surface area contributed by atoms with Crippen molar-refractivity contribution in [3.63, 3.8) is 0 Å². The van der Waals surface area contributed by atoms with E-state index in [1.54, 1.807) is 14.2 Å². The monoisotopic (exact) mass is 537 g/mol. The molecule has 0 radical (unpaired) electrons. The normalized spacial score (nSPS) is 26.1. The van der Waals surface area contributed by atoms with Crippen LogP contribution in [0.5, 0.6) is 11.5 Å². The smallest absolute Gasteiger partial charge is 0.144 e. The van der Waals surface area contributed by atoms with Gasteiger partial charge in [-0.15, -0.1) is 0 Å². The fraction of sp³-hybridized carbons (Fsp3) is 0.412. The van der Waals surface area contributed by atoms with Crippen molar-refractivity contribution >= 4 is 28.6 Å². The Kier molecular flexibility index (Phi) is 7.26. The lowest BCUT2D eigenvalue weighted by atomic mass is 9.72. The van der Waals surface area contributed by atoms with Crippen LogP contribution in [0, 0.1) is 5.92 Å². The zero-order chi connectivity index (χ0) is 27.8. The number of Topliss-reactive ketones (excluding diaryl/α,β-unsaturated/α-hetero) is 1. The molecule has 2 fully saturated rings. The molecule has 2 heterocycles. The molecule has 2 aliphatic heterocycles. The van der Waals surface area contributed by atoms with Crippen molar-refractivity contribution in [2.24, 2.45) is 10.9 Å². The van der Waals surface area contributed by atoms with E-state index in [0.717, 1.165) is 46.1 Å². The lowest BCUT2D eigenvalue weighted by Gasteiger charge is -2.41. The second-order valence-electron chi connectivity index (χ2n) is 11.5. The van der Waals surface area contributed by atoms with Gasteiger partial charge < -0.3 is 19.7 Å². The highest BCUT2D eigenvalue weighted by Gasteiger charge is 2.42. The van der Waals surface area contributed by atoms with Gasteiger partial charge >= 0.3 is 0 Å². The molecule has 0 bridgehead atoms. The molecular weight excluding hydrogens is 498 g/mol. The number of fused-ring (bicyclic) bond motifs is 2. The maximum absolute atomic E-state index is 14.0. The number of ether oxygens (including phenoxy) is 2. The maximum Gasteiger partial charge on any atom is 0.144 e. The molecule has 5 unspecified atom stereocenters. The first kappa shape index (κ1) is 26.4. The topological polar surface area (TPSA) is 63.2 Å². The van der Waals surface area contributed by atoms with Crippen molar-refractivity contribution < 1.29 is 14.3 Å². The van der Waals surface area contributed by atoms with Gasteiger partial charge in [0.25, 0.3) is 0 Å². The molecule has 6 nitrogen and oxygen atoms in total.